The second-order valence-corrected chi connectivity index (χ2v) is 6.30. The van der Waals surface area contributed by atoms with E-state index < -0.39 is 0 Å². The predicted octanol–water partition coefficient (Wildman–Crippen LogP) is 3.04. The van der Waals surface area contributed by atoms with Gasteiger partial charge in [-0.3, -0.25) is 4.79 Å². The summed E-state index contributed by atoms with van der Waals surface area (Å²) in [5.41, 5.74) is 3.80. The quantitative estimate of drug-likeness (QED) is 0.887. The first-order chi connectivity index (χ1) is 11.7. The Balaban J connectivity index is 1.82. The molecule has 1 amide bonds. The molecule has 2 heterocycles. The van der Waals surface area contributed by atoms with Crippen molar-refractivity contribution in [2.45, 2.75) is 45.6 Å². The molecule has 5 heteroatoms. The Morgan fingerprint density at radius 2 is 2.25 bits per heavy atom. The number of amides is 1. The number of carbonyl (C=O) groups is 1. The SMILES string of the molecule is CCCc1c(C(=O)NC[C@@H]2CCCO2)cnn1-c1ccccc1C. The fraction of sp³-hybridized carbons (Fsp3) is 0.474. The van der Waals surface area contributed by atoms with Crippen LogP contribution < -0.4 is 5.32 Å². The Bertz CT molecular complexity index is 702. The molecule has 2 aromatic rings. The smallest absolute Gasteiger partial charge is 0.254 e. The van der Waals surface area contributed by atoms with Gasteiger partial charge in [0.25, 0.3) is 5.91 Å². The van der Waals surface area contributed by atoms with Crippen LogP contribution in [0.15, 0.2) is 30.5 Å². The Labute approximate surface area is 143 Å². The molecular formula is C19H25N3O2. The highest BCUT2D eigenvalue weighted by Crippen LogP contribution is 2.20. The lowest BCUT2D eigenvalue weighted by molar-refractivity contribution is 0.0857. The molecule has 0 aliphatic carbocycles. The second kappa shape index (κ2) is 7.62. The average Bonchev–Trinajstić information content (AvgIpc) is 3.23. The second-order valence-electron chi connectivity index (χ2n) is 6.30. The van der Waals surface area contributed by atoms with Crippen molar-refractivity contribution in [1.82, 2.24) is 15.1 Å². The average molecular weight is 327 g/mol. The van der Waals surface area contributed by atoms with Crippen LogP contribution in [0.4, 0.5) is 0 Å². The van der Waals surface area contributed by atoms with Crippen LogP contribution in [0.1, 0.15) is 47.8 Å². The third-order valence-electron chi connectivity index (χ3n) is 4.46. The normalized spacial score (nSPS) is 17.2. The maximum Gasteiger partial charge on any atom is 0.254 e. The van der Waals surface area contributed by atoms with Crippen LogP contribution in [0.2, 0.25) is 0 Å². The summed E-state index contributed by atoms with van der Waals surface area (Å²) in [6, 6.07) is 8.10. The van der Waals surface area contributed by atoms with Crippen LogP contribution in [-0.4, -0.2) is 34.9 Å². The lowest BCUT2D eigenvalue weighted by Crippen LogP contribution is -2.32. The molecule has 0 unspecified atom stereocenters. The fourth-order valence-corrected chi connectivity index (χ4v) is 3.16. The molecule has 128 valence electrons. The van der Waals surface area contributed by atoms with E-state index in [9.17, 15) is 4.79 Å². The highest BCUT2D eigenvalue weighted by Gasteiger charge is 2.21. The van der Waals surface area contributed by atoms with E-state index in [4.69, 9.17) is 4.74 Å². The molecule has 0 bridgehead atoms. The van der Waals surface area contributed by atoms with Gasteiger partial charge in [0.1, 0.15) is 0 Å². The van der Waals surface area contributed by atoms with Crippen molar-refractivity contribution < 1.29 is 9.53 Å². The van der Waals surface area contributed by atoms with Gasteiger partial charge in [-0.05, 0) is 37.8 Å². The van der Waals surface area contributed by atoms with Gasteiger partial charge in [-0.15, -0.1) is 0 Å². The molecule has 1 aliphatic rings. The van der Waals surface area contributed by atoms with Crippen LogP contribution in [-0.2, 0) is 11.2 Å². The molecule has 0 saturated carbocycles. The van der Waals surface area contributed by atoms with Gasteiger partial charge in [0, 0.05) is 13.2 Å². The maximum absolute atomic E-state index is 12.6. The summed E-state index contributed by atoms with van der Waals surface area (Å²) < 4.78 is 7.47. The van der Waals surface area contributed by atoms with Crippen molar-refractivity contribution >= 4 is 5.91 Å². The Morgan fingerprint density at radius 1 is 1.42 bits per heavy atom. The number of aromatic nitrogens is 2. The van der Waals surface area contributed by atoms with Gasteiger partial charge in [0.2, 0.25) is 0 Å². The van der Waals surface area contributed by atoms with E-state index in [-0.39, 0.29) is 12.0 Å². The first-order valence-electron chi connectivity index (χ1n) is 8.73. The summed E-state index contributed by atoms with van der Waals surface area (Å²) in [6.45, 7) is 5.54. The van der Waals surface area contributed by atoms with Gasteiger partial charge in [-0.1, -0.05) is 31.5 Å². The number of hydrogen-bond donors (Lipinski definition) is 1. The molecule has 1 fully saturated rings. The third-order valence-corrected chi connectivity index (χ3v) is 4.46. The lowest BCUT2D eigenvalue weighted by atomic mass is 10.1. The van der Waals surface area contributed by atoms with E-state index in [2.05, 4.69) is 30.3 Å². The number of hydrogen-bond acceptors (Lipinski definition) is 3. The molecule has 1 aromatic heterocycles. The zero-order valence-corrected chi connectivity index (χ0v) is 14.4. The van der Waals surface area contributed by atoms with Gasteiger partial charge in [0.05, 0.1) is 29.2 Å². The van der Waals surface area contributed by atoms with E-state index in [1.165, 1.54) is 0 Å². The van der Waals surface area contributed by atoms with Crippen LogP contribution in [0.5, 0.6) is 0 Å². The largest absolute Gasteiger partial charge is 0.376 e. The highest BCUT2D eigenvalue weighted by atomic mass is 16.5. The Hall–Kier alpha value is -2.14. The van der Waals surface area contributed by atoms with Gasteiger partial charge < -0.3 is 10.1 Å². The molecule has 24 heavy (non-hydrogen) atoms. The van der Waals surface area contributed by atoms with E-state index in [1.807, 2.05) is 22.9 Å². The zero-order chi connectivity index (χ0) is 16.9. The summed E-state index contributed by atoms with van der Waals surface area (Å²) in [5.74, 6) is -0.0613. The van der Waals surface area contributed by atoms with Crippen molar-refractivity contribution in [3.05, 3.63) is 47.3 Å². The summed E-state index contributed by atoms with van der Waals surface area (Å²) in [5, 5.41) is 7.49. The molecule has 1 atom stereocenters. The number of para-hydroxylation sites is 1. The number of aryl methyl sites for hydroxylation is 1. The van der Waals surface area contributed by atoms with Gasteiger partial charge in [-0.25, -0.2) is 4.68 Å². The highest BCUT2D eigenvalue weighted by molar-refractivity contribution is 5.95. The number of benzene rings is 1. The minimum Gasteiger partial charge on any atom is -0.376 e. The number of ether oxygens (including phenoxy) is 1. The molecule has 0 radical (unpaired) electrons. The van der Waals surface area contributed by atoms with Crippen LogP contribution >= 0.6 is 0 Å². The molecule has 1 N–H and O–H groups in total. The minimum absolute atomic E-state index is 0.0613. The molecule has 1 aromatic carbocycles. The van der Waals surface area contributed by atoms with Gasteiger partial charge >= 0.3 is 0 Å². The topological polar surface area (TPSA) is 56.1 Å². The molecule has 0 spiro atoms. The third kappa shape index (κ3) is 3.51. The maximum atomic E-state index is 12.6. The van der Waals surface area contributed by atoms with Crippen molar-refractivity contribution in [2.24, 2.45) is 0 Å². The minimum atomic E-state index is -0.0613. The van der Waals surface area contributed by atoms with E-state index in [0.717, 1.165) is 49.2 Å². The summed E-state index contributed by atoms with van der Waals surface area (Å²) in [4.78, 5) is 12.6. The monoisotopic (exact) mass is 327 g/mol. The van der Waals surface area contributed by atoms with E-state index in [0.29, 0.717) is 12.1 Å². The van der Waals surface area contributed by atoms with E-state index >= 15 is 0 Å². The van der Waals surface area contributed by atoms with Crippen molar-refractivity contribution in [2.75, 3.05) is 13.2 Å². The standard InChI is InChI=1S/C19H25N3O2/c1-3-7-18-16(19(23)20-12-15-9-6-11-24-15)13-21-22(18)17-10-5-4-8-14(17)2/h4-5,8,10,13,15H,3,6-7,9,11-12H2,1-2H3,(H,20,23)/t15-/m0/s1. The number of carbonyl (C=O) groups excluding carboxylic acids is 1. The Kier molecular flexibility index (Phi) is 5.30. The lowest BCUT2D eigenvalue weighted by Gasteiger charge is -2.13. The number of nitrogens with zero attached hydrogens (tertiary/aromatic N) is 2. The molecular weight excluding hydrogens is 302 g/mol. The van der Waals surface area contributed by atoms with Crippen LogP contribution in [0.25, 0.3) is 5.69 Å². The fourth-order valence-electron chi connectivity index (χ4n) is 3.16. The van der Waals surface area contributed by atoms with Crippen LogP contribution in [0.3, 0.4) is 0 Å². The Morgan fingerprint density at radius 3 is 2.96 bits per heavy atom. The molecule has 3 rings (SSSR count). The van der Waals surface area contributed by atoms with Gasteiger partial charge in [0.15, 0.2) is 0 Å². The van der Waals surface area contributed by atoms with E-state index in [1.54, 1.807) is 6.20 Å². The van der Waals surface area contributed by atoms with Crippen molar-refractivity contribution in [3.63, 3.8) is 0 Å². The zero-order valence-electron chi connectivity index (χ0n) is 14.4. The van der Waals surface area contributed by atoms with Crippen molar-refractivity contribution in [3.8, 4) is 5.69 Å². The summed E-state index contributed by atoms with van der Waals surface area (Å²) in [7, 11) is 0. The predicted molar refractivity (Wildman–Crippen MR) is 93.6 cm³/mol. The first-order valence-corrected chi connectivity index (χ1v) is 8.73. The summed E-state index contributed by atoms with van der Waals surface area (Å²) >= 11 is 0. The molecule has 5 nitrogen and oxygen atoms in total. The van der Waals surface area contributed by atoms with Gasteiger partial charge in [-0.2, -0.15) is 5.10 Å². The first kappa shape index (κ1) is 16.7. The molecule has 1 aliphatic heterocycles. The summed E-state index contributed by atoms with van der Waals surface area (Å²) in [6.07, 6.45) is 5.70. The number of nitrogens with one attached hydrogen (secondary N) is 1. The van der Waals surface area contributed by atoms with Crippen molar-refractivity contribution in [1.29, 1.82) is 0 Å². The van der Waals surface area contributed by atoms with Crippen LogP contribution in [0, 0.1) is 6.92 Å². The molecule has 1 saturated heterocycles. The number of rotatable bonds is 6.